The van der Waals surface area contributed by atoms with Gasteiger partial charge in [-0.1, -0.05) is 0 Å². The van der Waals surface area contributed by atoms with Gasteiger partial charge in [0.2, 0.25) is 0 Å². The van der Waals surface area contributed by atoms with Crippen LogP contribution in [0.2, 0.25) is 0 Å². The van der Waals surface area contributed by atoms with Crippen molar-refractivity contribution in [3.63, 3.8) is 0 Å². The molecule has 0 saturated heterocycles. The number of benzene rings is 1. The Bertz CT molecular complexity index is 448. The first kappa shape index (κ1) is 13.0. The summed E-state index contributed by atoms with van der Waals surface area (Å²) in [4.78, 5) is 11.1. The highest BCUT2D eigenvalue weighted by Crippen LogP contribution is 2.29. The number of carbonyl (C=O) groups excluding carboxylic acids is 1. The standard InChI is InChI=1S/C13H15NO3/c1-4-16-13-7-11(8-14)5-6-12(13)17-10(3)9(2)15/h5-7,10H,4H2,1-3H3/t10-/m0/s1. The second kappa shape index (κ2) is 5.90. The van der Waals surface area contributed by atoms with Gasteiger partial charge < -0.3 is 9.47 Å². The molecule has 0 aliphatic rings. The Balaban J connectivity index is 2.98. The van der Waals surface area contributed by atoms with E-state index in [4.69, 9.17) is 14.7 Å². The number of ketones is 1. The molecule has 0 heterocycles. The third-order valence-electron chi connectivity index (χ3n) is 2.25. The molecule has 0 aliphatic carbocycles. The zero-order valence-electron chi connectivity index (χ0n) is 10.2. The molecule has 4 heteroatoms. The number of rotatable bonds is 5. The number of carbonyl (C=O) groups is 1. The molecule has 0 spiro atoms. The number of ether oxygens (including phenoxy) is 2. The Morgan fingerprint density at radius 2 is 2.18 bits per heavy atom. The molecular weight excluding hydrogens is 218 g/mol. The van der Waals surface area contributed by atoms with Crippen LogP contribution in [0.4, 0.5) is 0 Å². The lowest BCUT2D eigenvalue weighted by Gasteiger charge is -2.15. The van der Waals surface area contributed by atoms with Crippen LogP contribution in [-0.2, 0) is 4.79 Å². The topological polar surface area (TPSA) is 59.3 Å². The number of Topliss-reactive ketones (excluding diaryl/α,β-unsaturated/α-hetero) is 1. The van der Waals surface area contributed by atoms with Crippen LogP contribution in [0.1, 0.15) is 26.3 Å². The summed E-state index contributed by atoms with van der Waals surface area (Å²) in [5, 5.41) is 8.79. The molecule has 1 rings (SSSR count). The van der Waals surface area contributed by atoms with Gasteiger partial charge in [0.05, 0.1) is 18.2 Å². The third-order valence-corrected chi connectivity index (χ3v) is 2.25. The molecule has 4 nitrogen and oxygen atoms in total. The summed E-state index contributed by atoms with van der Waals surface area (Å²) < 4.78 is 10.8. The predicted octanol–water partition coefficient (Wildman–Crippen LogP) is 2.31. The predicted molar refractivity (Wildman–Crippen MR) is 63.1 cm³/mol. The molecule has 1 aromatic carbocycles. The molecule has 0 aliphatic heterocycles. The molecule has 90 valence electrons. The van der Waals surface area contributed by atoms with Crippen molar-refractivity contribution in [3.8, 4) is 17.6 Å². The highest BCUT2D eigenvalue weighted by molar-refractivity contribution is 5.80. The smallest absolute Gasteiger partial charge is 0.169 e. The first-order chi connectivity index (χ1) is 8.08. The van der Waals surface area contributed by atoms with Crippen molar-refractivity contribution in [1.29, 1.82) is 5.26 Å². The Morgan fingerprint density at radius 1 is 1.47 bits per heavy atom. The van der Waals surface area contributed by atoms with Gasteiger partial charge in [-0.2, -0.15) is 5.26 Å². The second-order valence-electron chi connectivity index (χ2n) is 3.58. The zero-order valence-corrected chi connectivity index (χ0v) is 10.2. The van der Waals surface area contributed by atoms with Crippen molar-refractivity contribution < 1.29 is 14.3 Å². The number of nitriles is 1. The minimum atomic E-state index is -0.526. The highest BCUT2D eigenvalue weighted by Gasteiger charge is 2.13. The minimum absolute atomic E-state index is 0.0585. The van der Waals surface area contributed by atoms with Gasteiger partial charge in [-0.15, -0.1) is 0 Å². The molecule has 0 aromatic heterocycles. The van der Waals surface area contributed by atoms with E-state index in [1.54, 1.807) is 25.1 Å². The first-order valence-electron chi connectivity index (χ1n) is 5.42. The molecular formula is C13H15NO3. The maximum absolute atomic E-state index is 11.1. The molecule has 17 heavy (non-hydrogen) atoms. The van der Waals surface area contributed by atoms with E-state index in [1.165, 1.54) is 6.92 Å². The molecule has 0 bridgehead atoms. The van der Waals surface area contributed by atoms with Crippen molar-refractivity contribution in [2.75, 3.05) is 6.61 Å². The number of nitrogens with zero attached hydrogens (tertiary/aromatic N) is 1. The van der Waals surface area contributed by atoms with Crippen molar-refractivity contribution >= 4 is 5.78 Å². The van der Waals surface area contributed by atoms with Crippen molar-refractivity contribution in [1.82, 2.24) is 0 Å². The van der Waals surface area contributed by atoms with Crippen LogP contribution in [0.5, 0.6) is 11.5 Å². The van der Waals surface area contributed by atoms with Gasteiger partial charge >= 0.3 is 0 Å². The molecule has 1 atom stereocenters. The van der Waals surface area contributed by atoms with Crippen molar-refractivity contribution in [2.45, 2.75) is 26.9 Å². The van der Waals surface area contributed by atoms with E-state index in [9.17, 15) is 4.79 Å². The summed E-state index contributed by atoms with van der Waals surface area (Å²) in [6, 6.07) is 6.90. The van der Waals surface area contributed by atoms with E-state index in [1.807, 2.05) is 13.0 Å². The van der Waals surface area contributed by atoms with E-state index in [0.29, 0.717) is 23.7 Å². The van der Waals surface area contributed by atoms with Crippen LogP contribution in [0.25, 0.3) is 0 Å². The van der Waals surface area contributed by atoms with Crippen LogP contribution < -0.4 is 9.47 Å². The molecule has 0 saturated carbocycles. The van der Waals surface area contributed by atoms with Gasteiger partial charge in [0.25, 0.3) is 0 Å². The van der Waals surface area contributed by atoms with Crippen LogP contribution >= 0.6 is 0 Å². The fraction of sp³-hybridized carbons (Fsp3) is 0.385. The van der Waals surface area contributed by atoms with Crippen molar-refractivity contribution in [3.05, 3.63) is 23.8 Å². The van der Waals surface area contributed by atoms with E-state index in [2.05, 4.69) is 0 Å². The largest absolute Gasteiger partial charge is 0.490 e. The molecule has 0 radical (unpaired) electrons. The fourth-order valence-corrected chi connectivity index (χ4v) is 1.22. The van der Waals surface area contributed by atoms with Gasteiger partial charge in [0, 0.05) is 6.07 Å². The molecule has 0 fully saturated rings. The van der Waals surface area contributed by atoms with Gasteiger partial charge in [-0.25, -0.2) is 0 Å². The summed E-state index contributed by atoms with van der Waals surface area (Å²) in [6.45, 7) is 5.46. The highest BCUT2D eigenvalue weighted by atomic mass is 16.5. The lowest BCUT2D eigenvalue weighted by molar-refractivity contribution is -0.122. The summed E-state index contributed by atoms with van der Waals surface area (Å²) in [5.41, 5.74) is 0.497. The van der Waals surface area contributed by atoms with Gasteiger partial charge in [-0.05, 0) is 32.9 Å². The second-order valence-corrected chi connectivity index (χ2v) is 3.58. The Hall–Kier alpha value is -2.02. The molecule has 0 N–H and O–H groups in total. The number of hydrogen-bond acceptors (Lipinski definition) is 4. The van der Waals surface area contributed by atoms with E-state index in [-0.39, 0.29) is 5.78 Å². The van der Waals surface area contributed by atoms with Gasteiger partial charge in [-0.3, -0.25) is 4.79 Å². The van der Waals surface area contributed by atoms with Crippen LogP contribution in [0.3, 0.4) is 0 Å². The fourth-order valence-electron chi connectivity index (χ4n) is 1.22. The number of hydrogen-bond donors (Lipinski definition) is 0. The summed E-state index contributed by atoms with van der Waals surface area (Å²) >= 11 is 0. The summed E-state index contributed by atoms with van der Waals surface area (Å²) in [6.07, 6.45) is -0.526. The lowest BCUT2D eigenvalue weighted by atomic mass is 10.2. The Labute approximate surface area is 101 Å². The summed E-state index contributed by atoms with van der Waals surface area (Å²) in [7, 11) is 0. The molecule has 0 unspecified atom stereocenters. The van der Waals surface area contributed by atoms with E-state index >= 15 is 0 Å². The first-order valence-corrected chi connectivity index (χ1v) is 5.42. The van der Waals surface area contributed by atoms with E-state index in [0.717, 1.165) is 0 Å². The van der Waals surface area contributed by atoms with Crippen LogP contribution in [-0.4, -0.2) is 18.5 Å². The monoisotopic (exact) mass is 233 g/mol. The average molecular weight is 233 g/mol. The average Bonchev–Trinajstić information content (AvgIpc) is 2.31. The van der Waals surface area contributed by atoms with Gasteiger partial charge in [0.15, 0.2) is 23.4 Å². The maximum atomic E-state index is 11.1. The minimum Gasteiger partial charge on any atom is -0.490 e. The van der Waals surface area contributed by atoms with Gasteiger partial charge in [0.1, 0.15) is 0 Å². The summed E-state index contributed by atoms with van der Waals surface area (Å²) in [5.74, 6) is 0.907. The Kier molecular flexibility index (Phi) is 4.53. The van der Waals surface area contributed by atoms with E-state index < -0.39 is 6.10 Å². The van der Waals surface area contributed by atoms with Crippen LogP contribution in [0.15, 0.2) is 18.2 Å². The normalized spacial score (nSPS) is 11.4. The zero-order chi connectivity index (χ0) is 12.8. The molecule has 1 aromatic rings. The third kappa shape index (κ3) is 3.49. The Morgan fingerprint density at radius 3 is 2.71 bits per heavy atom. The van der Waals surface area contributed by atoms with Crippen molar-refractivity contribution in [2.24, 2.45) is 0 Å². The lowest BCUT2D eigenvalue weighted by Crippen LogP contribution is -2.21. The quantitative estimate of drug-likeness (QED) is 0.783. The van der Waals surface area contributed by atoms with Crippen LogP contribution in [0, 0.1) is 11.3 Å². The SMILES string of the molecule is CCOc1cc(C#N)ccc1O[C@@H](C)C(C)=O. The molecule has 0 amide bonds. The maximum Gasteiger partial charge on any atom is 0.169 e.